The number of pyridine rings is 1. The molecule has 2 fully saturated rings. The first-order valence-electron chi connectivity index (χ1n) is 7.33. The van der Waals surface area contributed by atoms with Gasteiger partial charge in [-0.05, 0) is 56.2 Å². The van der Waals surface area contributed by atoms with E-state index < -0.39 is 11.7 Å². The lowest BCUT2D eigenvalue weighted by molar-refractivity contribution is -0.139. The van der Waals surface area contributed by atoms with Crippen LogP contribution in [0.2, 0.25) is 0 Å². The third-order valence-electron chi connectivity index (χ3n) is 4.67. The lowest BCUT2D eigenvalue weighted by Gasteiger charge is -2.50. The van der Waals surface area contributed by atoms with Crippen LogP contribution in [0.5, 0.6) is 5.75 Å². The number of alkyl halides is 3. The van der Waals surface area contributed by atoms with E-state index in [1.807, 2.05) is 0 Å². The Hall–Kier alpha value is -1.30. The zero-order valence-electron chi connectivity index (χ0n) is 11.7. The summed E-state index contributed by atoms with van der Waals surface area (Å²) in [4.78, 5) is 3.53. The van der Waals surface area contributed by atoms with E-state index in [0.717, 1.165) is 32.1 Å². The highest BCUT2D eigenvalue weighted by Crippen LogP contribution is 2.51. The number of nitrogens with one attached hydrogen (secondary N) is 1. The molecular weight excluding hydrogens is 281 g/mol. The number of hydrogen-bond acceptors (Lipinski definition) is 3. The van der Waals surface area contributed by atoms with Gasteiger partial charge in [0.1, 0.15) is 11.3 Å². The van der Waals surface area contributed by atoms with Gasteiger partial charge < -0.3 is 10.1 Å². The number of ether oxygens (including phenoxy) is 1. The highest BCUT2D eigenvalue weighted by molar-refractivity contribution is 5.32. The van der Waals surface area contributed by atoms with Crippen molar-refractivity contribution in [2.75, 3.05) is 19.7 Å². The second kappa shape index (κ2) is 5.48. The van der Waals surface area contributed by atoms with E-state index >= 15 is 0 Å². The molecule has 3 nitrogen and oxygen atoms in total. The summed E-state index contributed by atoms with van der Waals surface area (Å²) in [6.45, 7) is 2.47. The average Bonchev–Trinajstić information content (AvgIpc) is 2.43. The summed E-state index contributed by atoms with van der Waals surface area (Å²) in [5.41, 5.74) is -0.370. The quantitative estimate of drug-likeness (QED) is 0.930. The molecule has 1 N–H and O–H groups in total. The van der Waals surface area contributed by atoms with Crippen LogP contribution in [0.1, 0.15) is 31.2 Å². The van der Waals surface area contributed by atoms with E-state index in [1.165, 1.54) is 25.1 Å². The van der Waals surface area contributed by atoms with Crippen LogP contribution in [0.15, 0.2) is 18.5 Å². The lowest BCUT2D eigenvalue weighted by Crippen LogP contribution is -2.46. The first kappa shape index (κ1) is 14.6. The van der Waals surface area contributed by atoms with Crippen molar-refractivity contribution >= 4 is 0 Å². The molecule has 1 saturated carbocycles. The van der Waals surface area contributed by atoms with Crippen molar-refractivity contribution in [3.8, 4) is 5.75 Å². The maximum Gasteiger partial charge on any atom is 0.421 e. The molecule has 1 aromatic rings. The van der Waals surface area contributed by atoms with Crippen LogP contribution >= 0.6 is 0 Å². The maximum atomic E-state index is 12.8. The van der Waals surface area contributed by atoms with Crippen LogP contribution in [0, 0.1) is 11.3 Å². The topological polar surface area (TPSA) is 34.1 Å². The Labute approximate surface area is 121 Å². The van der Waals surface area contributed by atoms with Crippen LogP contribution in [-0.2, 0) is 6.18 Å². The van der Waals surface area contributed by atoms with Crippen LogP contribution in [-0.4, -0.2) is 24.7 Å². The third-order valence-corrected chi connectivity index (χ3v) is 4.67. The van der Waals surface area contributed by atoms with Crippen molar-refractivity contribution in [3.05, 3.63) is 24.0 Å². The summed E-state index contributed by atoms with van der Waals surface area (Å²) in [6.07, 6.45) is 2.23. The number of halogens is 3. The molecule has 1 saturated heterocycles. The largest absolute Gasteiger partial charge is 0.493 e. The first-order valence-corrected chi connectivity index (χ1v) is 7.33. The molecule has 6 heteroatoms. The van der Waals surface area contributed by atoms with Gasteiger partial charge in [0.15, 0.2) is 0 Å². The second-order valence-electron chi connectivity index (χ2n) is 6.20. The Bertz CT molecular complexity index is 490. The van der Waals surface area contributed by atoms with E-state index in [-0.39, 0.29) is 5.75 Å². The fourth-order valence-electron chi connectivity index (χ4n) is 3.58. The highest BCUT2D eigenvalue weighted by Gasteiger charge is 2.44. The Morgan fingerprint density at radius 3 is 2.67 bits per heavy atom. The van der Waals surface area contributed by atoms with E-state index in [0.29, 0.717) is 17.9 Å². The second-order valence-corrected chi connectivity index (χ2v) is 6.20. The number of aromatic nitrogens is 1. The summed E-state index contributed by atoms with van der Waals surface area (Å²) in [7, 11) is 0. The Morgan fingerprint density at radius 2 is 2.00 bits per heavy atom. The highest BCUT2D eigenvalue weighted by atomic mass is 19.4. The summed E-state index contributed by atoms with van der Waals surface area (Å²) < 4.78 is 43.9. The van der Waals surface area contributed by atoms with Gasteiger partial charge >= 0.3 is 6.18 Å². The minimum Gasteiger partial charge on any atom is -0.493 e. The lowest BCUT2D eigenvalue weighted by atomic mass is 9.58. The van der Waals surface area contributed by atoms with Gasteiger partial charge in [0, 0.05) is 12.4 Å². The summed E-state index contributed by atoms with van der Waals surface area (Å²) in [5, 5.41) is 3.34. The maximum absolute atomic E-state index is 12.8. The SMILES string of the molecule is FC(F)(F)c1cnccc1OCC1CC2(CCNCC2)C1. The van der Waals surface area contributed by atoms with Gasteiger partial charge in [-0.3, -0.25) is 4.98 Å². The van der Waals surface area contributed by atoms with Crippen molar-refractivity contribution in [3.63, 3.8) is 0 Å². The van der Waals surface area contributed by atoms with Crippen molar-refractivity contribution < 1.29 is 17.9 Å². The van der Waals surface area contributed by atoms with Gasteiger partial charge in [-0.15, -0.1) is 0 Å². The predicted molar refractivity (Wildman–Crippen MR) is 72.0 cm³/mol. The van der Waals surface area contributed by atoms with Gasteiger partial charge in [-0.1, -0.05) is 0 Å². The van der Waals surface area contributed by atoms with Crippen LogP contribution in [0.25, 0.3) is 0 Å². The standard InChI is InChI=1S/C15H19F3N2O/c16-15(17,18)12-9-20-4-1-13(12)21-10-11-7-14(8-11)2-5-19-6-3-14/h1,4,9,11,19H,2-3,5-8,10H2. The molecule has 0 atom stereocenters. The molecule has 1 aliphatic carbocycles. The number of nitrogens with zero attached hydrogens (tertiary/aromatic N) is 1. The normalized spacial score (nSPS) is 22.0. The molecule has 1 spiro atoms. The van der Waals surface area contributed by atoms with Crippen molar-refractivity contribution in [2.24, 2.45) is 11.3 Å². The Kier molecular flexibility index (Phi) is 3.82. The summed E-state index contributed by atoms with van der Waals surface area (Å²) >= 11 is 0. The van der Waals surface area contributed by atoms with Gasteiger partial charge in [0.05, 0.1) is 6.61 Å². The van der Waals surface area contributed by atoms with Gasteiger partial charge in [0.25, 0.3) is 0 Å². The molecular formula is C15H19F3N2O. The van der Waals surface area contributed by atoms with Crippen LogP contribution in [0.3, 0.4) is 0 Å². The van der Waals surface area contributed by atoms with Crippen molar-refractivity contribution in [1.29, 1.82) is 0 Å². The molecule has 1 aromatic heterocycles. The van der Waals surface area contributed by atoms with Gasteiger partial charge in [-0.2, -0.15) is 13.2 Å². The average molecular weight is 300 g/mol. The monoisotopic (exact) mass is 300 g/mol. The fraction of sp³-hybridized carbons (Fsp3) is 0.667. The van der Waals surface area contributed by atoms with Gasteiger partial charge in [-0.25, -0.2) is 0 Å². The minimum atomic E-state index is -4.42. The first-order chi connectivity index (χ1) is 9.99. The smallest absolute Gasteiger partial charge is 0.421 e. The molecule has 21 heavy (non-hydrogen) atoms. The number of piperidine rings is 1. The van der Waals surface area contributed by atoms with Gasteiger partial charge in [0.2, 0.25) is 0 Å². The number of rotatable bonds is 3. The molecule has 2 heterocycles. The minimum absolute atomic E-state index is 0.108. The predicted octanol–water partition coefficient (Wildman–Crippen LogP) is 3.26. The molecule has 116 valence electrons. The summed E-state index contributed by atoms with van der Waals surface area (Å²) in [5.74, 6) is 0.265. The molecule has 0 bridgehead atoms. The molecule has 0 aromatic carbocycles. The summed E-state index contributed by atoms with van der Waals surface area (Å²) in [6, 6.07) is 1.29. The fourth-order valence-corrected chi connectivity index (χ4v) is 3.58. The van der Waals surface area contributed by atoms with E-state index in [2.05, 4.69) is 10.3 Å². The third kappa shape index (κ3) is 3.15. The van der Waals surface area contributed by atoms with Crippen molar-refractivity contribution in [1.82, 2.24) is 10.3 Å². The van der Waals surface area contributed by atoms with E-state index in [1.54, 1.807) is 0 Å². The zero-order chi connectivity index (χ0) is 14.9. The zero-order valence-corrected chi connectivity index (χ0v) is 11.7. The van der Waals surface area contributed by atoms with Crippen LogP contribution in [0.4, 0.5) is 13.2 Å². The number of hydrogen-bond donors (Lipinski definition) is 1. The Balaban J connectivity index is 1.55. The van der Waals surface area contributed by atoms with Crippen LogP contribution < -0.4 is 10.1 Å². The molecule has 0 unspecified atom stereocenters. The molecule has 3 rings (SSSR count). The Morgan fingerprint density at radius 1 is 1.29 bits per heavy atom. The molecule has 0 radical (unpaired) electrons. The van der Waals surface area contributed by atoms with E-state index in [4.69, 9.17) is 4.74 Å². The van der Waals surface area contributed by atoms with Crippen molar-refractivity contribution in [2.45, 2.75) is 31.9 Å². The molecule has 1 aliphatic heterocycles. The molecule has 0 amide bonds. The molecule has 2 aliphatic rings. The van der Waals surface area contributed by atoms with E-state index in [9.17, 15) is 13.2 Å².